The van der Waals surface area contributed by atoms with Gasteiger partial charge in [0.2, 0.25) is 17.6 Å². The number of carbonyl (C=O) groups is 1. The minimum absolute atomic E-state index is 0.0961. The van der Waals surface area contributed by atoms with Gasteiger partial charge in [-0.15, -0.1) is 10.2 Å². The zero-order valence-electron chi connectivity index (χ0n) is 15.9. The van der Waals surface area contributed by atoms with Crippen LogP contribution in [0.3, 0.4) is 0 Å². The molecule has 0 aliphatic carbocycles. The van der Waals surface area contributed by atoms with Gasteiger partial charge < -0.3 is 14.6 Å². The topological polar surface area (TPSA) is 108 Å². The molecule has 0 radical (unpaired) electrons. The van der Waals surface area contributed by atoms with Gasteiger partial charge in [0.25, 0.3) is 0 Å². The summed E-state index contributed by atoms with van der Waals surface area (Å²) in [5.74, 6) is 0.197. The zero-order chi connectivity index (χ0) is 20.9. The number of amides is 1. The van der Waals surface area contributed by atoms with E-state index < -0.39 is 5.82 Å². The second-order valence-electron chi connectivity index (χ2n) is 6.29. The predicted molar refractivity (Wildman–Crippen MR) is 105 cm³/mol. The Labute approximate surface area is 170 Å². The minimum Gasteiger partial charge on any atom is -0.495 e. The van der Waals surface area contributed by atoms with E-state index in [0.29, 0.717) is 11.4 Å². The Morgan fingerprint density at radius 1 is 1.20 bits per heavy atom. The van der Waals surface area contributed by atoms with Crippen LogP contribution in [0.2, 0.25) is 0 Å². The molecule has 4 aromatic rings. The monoisotopic (exact) mass is 408 g/mol. The lowest BCUT2D eigenvalue weighted by Gasteiger charge is -2.12. The molecule has 2 aromatic heterocycles. The zero-order valence-corrected chi connectivity index (χ0v) is 15.9. The standard InChI is InChI=1S/C20H17FN6O3/c1-29-17-7-6-13(27-11-22-23-12-27)10-16(17)24-18(28)8-9-19-25-20(26-30-19)14-4-2-3-5-15(14)21/h2-7,10-12H,8-9H2,1H3,(H,24,28). The Morgan fingerprint density at radius 2 is 2.00 bits per heavy atom. The number of carbonyl (C=O) groups excluding carboxylic acids is 1. The smallest absolute Gasteiger partial charge is 0.227 e. The molecule has 2 aromatic carbocycles. The highest BCUT2D eigenvalue weighted by Crippen LogP contribution is 2.27. The summed E-state index contributed by atoms with van der Waals surface area (Å²) in [7, 11) is 1.52. The fourth-order valence-electron chi connectivity index (χ4n) is 2.83. The maximum absolute atomic E-state index is 13.8. The molecule has 9 nitrogen and oxygen atoms in total. The number of nitrogens with zero attached hydrogens (tertiary/aromatic N) is 5. The molecule has 1 amide bonds. The first-order valence-corrected chi connectivity index (χ1v) is 9.04. The van der Waals surface area contributed by atoms with Gasteiger partial charge in [0.05, 0.1) is 24.0 Å². The molecule has 0 saturated carbocycles. The van der Waals surface area contributed by atoms with Crippen molar-refractivity contribution in [3.63, 3.8) is 0 Å². The highest BCUT2D eigenvalue weighted by molar-refractivity contribution is 5.92. The van der Waals surface area contributed by atoms with Crippen LogP contribution >= 0.6 is 0 Å². The third-order valence-electron chi connectivity index (χ3n) is 4.32. The quantitative estimate of drug-likeness (QED) is 0.501. The average molecular weight is 408 g/mol. The van der Waals surface area contributed by atoms with Gasteiger partial charge in [-0.1, -0.05) is 17.3 Å². The fraction of sp³-hybridized carbons (Fsp3) is 0.150. The number of aromatic nitrogens is 5. The number of nitrogens with one attached hydrogen (secondary N) is 1. The van der Waals surface area contributed by atoms with E-state index in [1.54, 1.807) is 47.6 Å². The molecule has 0 atom stereocenters. The summed E-state index contributed by atoms with van der Waals surface area (Å²) in [6, 6.07) is 11.5. The first-order chi connectivity index (χ1) is 14.6. The third kappa shape index (κ3) is 4.17. The van der Waals surface area contributed by atoms with Crippen LogP contribution in [0.5, 0.6) is 5.75 Å². The normalized spacial score (nSPS) is 10.7. The van der Waals surface area contributed by atoms with Gasteiger partial charge in [-0.2, -0.15) is 4.98 Å². The molecule has 0 aliphatic rings. The van der Waals surface area contributed by atoms with E-state index >= 15 is 0 Å². The van der Waals surface area contributed by atoms with Gasteiger partial charge in [0, 0.05) is 12.8 Å². The summed E-state index contributed by atoms with van der Waals surface area (Å²) in [6.07, 6.45) is 3.41. The lowest BCUT2D eigenvalue weighted by atomic mass is 10.2. The molecule has 1 N–H and O–H groups in total. The van der Waals surface area contributed by atoms with Gasteiger partial charge >= 0.3 is 0 Å². The van der Waals surface area contributed by atoms with Gasteiger partial charge in [0.1, 0.15) is 24.2 Å². The molecule has 0 saturated heterocycles. The second-order valence-corrected chi connectivity index (χ2v) is 6.29. The van der Waals surface area contributed by atoms with Crippen molar-refractivity contribution in [3.05, 3.63) is 66.8 Å². The van der Waals surface area contributed by atoms with Crippen molar-refractivity contribution in [2.75, 3.05) is 12.4 Å². The Bertz CT molecular complexity index is 1160. The Kier molecular flexibility index (Phi) is 5.46. The molecule has 0 spiro atoms. The van der Waals surface area contributed by atoms with E-state index in [0.717, 1.165) is 5.69 Å². The summed E-state index contributed by atoms with van der Waals surface area (Å²) in [4.78, 5) is 16.6. The molecule has 30 heavy (non-hydrogen) atoms. The van der Waals surface area contributed by atoms with Crippen molar-refractivity contribution >= 4 is 11.6 Å². The lowest BCUT2D eigenvalue weighted by Crippen LogP contribution is -2.13. The number of halogens is 1. The summed E-state index contributed by atoms with van der Waals surface area (Å²) < 4.78 is 26.0. The Morgan fingerprint density at radius 3 is 2.77 bits per heavy atom. The lowest BCUT2D eigenvalue weighted by molar-refractivity contribution is -0.116. The van der Waals surface area contributed by atoms with E-state index in [2.05, 4.69) is 25.7 Å². The maximum atomic E-state index is 13.8. The third-order valence-corrected chi connectivity index (χ3v) is 4.32. The summed E-state index contributed by atoms with van der Waals surface area (Å²) >= 11 is 0. The number of rotatable bonds is 7. The van der Waals surface area contributed by atoms with Crippen LogP contribution in [0.15, 0.2) is 59.6 Å². The number of hydrogen-bond acceptors (Lipinski definition) is 7. The molecule has 2 heterocycles. The van der Waals surface area contributed by atoms with Crippen molar-refractivity contribution in [2.24, 2.45) is 0 Å². The average Bonchev–Trinajstić information content (AvgIpc) is 3.45. The predicted octanol–water partition coefficient (Wildman–Crippen LogP) is 3.04. The van der Waals surface area contributed by atoms with Crippen molar-refractivity contribution in [2.45, 2.75) is 12.8 Å². The number of anilines is 1. The van der Waals surface area contributed by atoms with Crippen LogP contribution in [0.1, 0.15) is 12.3 Å². The Hall–Kier alpha value is -4.08. The summed E-state index contributed by atoms with van der Waals surface area (Å²) in [6.45, 7) is 0. The molecule has 4 rings (SSSR count). The van der Waals surface area contributed by atoms with Crippen molar-refractivity contribution < 1.29 is 18.4 Å². The van der Waals surface area contributed by atoms with Crippen LogP contribution < -0.4 is 10.1 Å². The van der Waals surface area contributed by atoms with Gasteiger partial charge in [-0.05, 0) is 30.3 Å². The van der Waals surface area contributed by atoms with Crippen LogP contribution in [0, 0.1) is 5.82 Å². The molecule has 0 fully saturated rings. The van der Waals surface area contributed by atoms with E-state index in [4.69, 9.17) is 9.26 Å². The number of benzene rings is 2. The molecule has 10 heteroatoms. The molecule has 0 unspecified atom stereocenters. The Balaban J connectivity index is 1.42. The summed E-state index contributed by atoms with van der Waals surface area (Å²) in [5, 5.41) is 14.1. The molecular weight excluding hydrogens is 391 g/mol. The summed E-state index contributed by atoms with van der Waals surface area (Å²) in [5.41, 5.74) is 1.52. The number of methoxy groups -OCH3 is 1. The highest BCUT2D eigenvalue weighted by Gasteiger charge is 2.15. The molecule has 0 aliphatic heterocycles. The molecule has 152 valence electrons. The van der Waals surface area contributed by atoms with Crippen molar-refractivity contribution in [3.8, 4) is 22.8 Å². The van der Waals surface area contributed by atoms with Crippen LogP contribution in [0.25, 0.3) is 17.1 Å². The van der Waals surface area contributed by atoms with E-state index in [-0.39, 0.29) is 36.0 Å². The number of hydrogen-bond donors (Lipinski definition) is 1. The van der Waals surface area contributed by atoms with Crippen LogP contribution in [-0.4, -0.2) is 37.9 Å². The van der Waals surface area contributed by atoms with E-state index in [9.17, 15) is 9.18 Å². The van der Waals surface area contributed by atoms with Crippen molar-refractivity contribution in [1.82, 2.24) is 24.9 Å². The maximum Gasteiger partial charge on any atom is 0.227 e. The van der Waals surface area contributed by atoms with Gasteiger partial charge in [-0.3, -0.25) is 9.36 Å². The van der Waals surface area contributed by atoms with Gasteiger partial charge in [-0.25, -0.2) is 4.39 Å². The first kappa shape index (κ1) is 19.2. The number of aryl methyl sites for hydroxylation is 1. The number of ether oxygens (including phenoxy) is 1. The van der Waals surface area contributed by atoms with E-state index in [1.807, 2.05) is 6.07 Å². The molecule has 0 bridgehead atoms. The second kappa shape index (κ2) is 8.52. The van der Waals surface area contributed by atoms with Gasteiger partial charge in [0.15, 0.2) is 0 Å². The van der Waals surface area contributed by atoms with Crippen molar-refractivity contribution in [1.29, 1.82) is 0 Å². The minimum atomic E-state index is -0.442. The first-order valence-electron chi connectivity index (χ1n) is 9.04. The van der Waals surface area contributed by atoms with E-state index in [1.165, 1.54) is 13.2 Å². The largest absolute Gasteiger partial charge is 0.495 e. The fourth-order valence-corrected chi connectivity index (χ4v) is 2.83. The van der Waals surface area contributed by atoms with Crippen LogP contribution in [-0.2, 0) is 11.2 Å². The highest BCUT2D eigenvalue weighted by atomic mass is 19.1. The van der Waals surface area contributed by atoms with Crippen LogP contribution in [0.4, 0.5) is 10.1 Å². The molecular formula is C20H17FN6O3. The SMILES string of the molecule is COc1ccc(-n2cnnc2)cc1NC(=O)CCc1nc(-c2ccccc2F)no1.